The standard InChI is InChI=1S/C13H19NO/c1-9(2)14-8-11-4-5-13-12(7-11)6-10(3)15-13/h4-5,7,9-10,14H,6,8H2,1-3H3/p+1/t10-/m0/s1. The zero-order chi connectivity index (χ0) is 10.8. The molecular formula is C13H20NO+. The fraction of sp³-hybridized carbons (Fsp3) is 0.538. The summed E-state index contributed by atoms with van der Waals surface area (Å²) >= 11 is 0. The lowest BCUT2D eigenvalue weighted by molar-refractivity contribution is -0.698. The predicted octanol–water partition coefficient (Wildman–Crippen LogP) is 1.48. The molecule has 2 N–H and O–H groups in total. The molecule has 1 aliphatic heterocycles. The van der Waals surface area contributed by atoms with Crippen LogP contribution in [0.4, 0.5) is 0 Å². The summed E-state index contributed by atoms with van der Waals surface area (Å²) in [5, 5.41) is 2.35. The van der Waals surface area contributed by atoms with Crippen LogP contribution in [-0.4, -0.2) is 12.1 Å². The summed E-state index contributed by atoms with van der Waals surface area (Å²) < 4.78 is 5.68. The largest absolute Gasteiger partial charge is 0.490 e. The molecule has 0 fully saturated rings. The molecule has 0 amide bonds. The third-order valence-electron chi connectivity index (χ3n) is 2.79. The average Bonchev–Trinajstić information content (AvgIpc) is 2.53. The van der Waals surface area contributed by atoms with Crippen molar-refractivity contribution in [2.45, 2.75) is 45.9 Å². The van der Waals surface area contributed by atoms with Crippen LogP contribution in [0.15, 0.2) is 18.2 Å². The van der Waals surface area contributed by atoms with Crippen molar-refractivity contribution in [3.05, 3.63) is 29.3 Å². The molecule has 1 heterocycles. The molecule has 82 valence electrons. The van der Waals surface area contributed by atoms with Gasteiger partial charge in [0.2, 0.25) is 0 Å². The van der Waals surface area contributed by atoms with Crippen molar-refractivity contribution in [2.24, 2.45) is 0 Å². The number of ether oxygens (including phenoxy) is 1. The highest BCUT2D eigenvalue weighted by molar-refractivity contribution is 5.40. The molecule has 0 aromatic heterocycles. The number of benzene rings is 1. The molecule has 2 nitrogen and oxygen atoms in total. The Morgan fingerprint density at radius 1 is 1.47 bits per heavy atom. The molecule has 2 rings (SSSR count). The maximum atomic E-state index is 5.68. The Morgan fingerprint density at radius 3 is 3.00 bits per heavy atom. The molecule has 0 spiro atoms. The number of quaternary nitrogens is 1. The summed E-state index contributed by atoms with van der Waals surface area (Å²) in [5.41, 5.74) is 2.78. The first-order chi connectivity index (χ1) is 7.15. The molecule has 0 saturated heterocycles. The number of hydrogen-bond acceptors (Lipinski definition) is 1. The van der Waals surface area contributed by atoms with Crippen molar-refractivity contribution in [3.63, 3.8) is 0 Å². The Balaban J connectivity index is 2.06. The van der Waals surface area contributed by atoms with Crippen LogP contribution in [-0.2, 0) is 13.0 Å². The van der Waals surface area contributed by atoms with Crippen LogP contribution in [0, 0.1) is 0 Å². The minimum atomic E-state index is 0.351. The fourth-order valence-electron chi connectivity index (χ4n) is 1.97. The lowest BCUT2D eigenvalue weighted by atomic mass is 10.1. The van der Waals surface area contributed by atoms with Crippen LogP contribution >= 0.6 is 0 Å². The van der Waals surface area contributed by atoms with E-state index in [0.29, 0.717) is 12.1 Å². The van der Waals surface area contributed by atoms with Crippen molar-refractivity contribution in [1.82, 2.24) is 0 Å². The van der Waals surface area contributed by atoms with E-state index in [9.17, 15) is 0 Å². The predicted molar refractivity (Wildman–Crippen MR) is 61.0 cm³/mol. The molecular weight excluding hydrogens is 186 g/mol. The van der Waals surface area contributed by atoms with Crippen LogP contribution < -0.4 is 10.1 Å². The van der Waals surface area contributed by atoms with Crippen LogP contribution in [0.25, 0.3) is 0 Å². The van der Waals surface area contributed by atoms with E-state index in [4.69, 9.17) is 4.74 Å². The Kier molecular flexibility index (Phi) is 2.96. The topological polar surface area (TPSA) is 25.8 Å². The molecule has 0 unspecified atom stereocenters. The van der Waals surface area contributed by atoms with Gasteiger partial charge < -0.3 is 10.1 Å². The quantitative estimate of drug-likeness (QED) is 0.796. The van der Waals surface area contributed by atoms with E-state index in [2.05, 4.69) is 44.3 Å². The number of nitrogens with two attached hydrogens (primary N) is 1. The lowest BCUT2D eigenvalue weighted by Crippen LogP contribution is -2.86. The van der Waals surface area contributed by atoms with Gasteiger partial charge in [0, 0.05) is 12.0 Å². The second-order valence-electron chi connectivity index (χ2n) is 4.76. The minimum absolute atomic E-state index is 0.351. The normalized spacial score (nSPS) is 19.1. The van der Waals surface area contributed by atoms with E-state index in [1.807, 2.05) is 0 Å². The number of rotatable bonds is 3. The van der Waals surface area contributed by atoms with Crippen molar-refractivity contribution in [3.8, 4) is 5.75 Å². The monoisotopic (exact) mass is 206 g/mol. The van der Waals surface area contributed by atoms with Gasteiger partial charge in [0.1, 0.15) is 18.4 Å². The maximum absolute atomic E-state index is 5.68. The van der Waals surface area contributed by atoms with Crippen LogP contribution in [0.5, 0.6) is 5.75 Å². The van der Waals surface area contributed by atoms with Gasteiger partial charge in [-0.2, -0.15) is 0 Å². The average molecular weight is 206 g/mol. The second-order valence-corrected chi connectivity index (χ2v) is 4.76. The Labute approximate surface area is 91.6 Å². The zero-order valence-corrected chi connectivity index (χ0v) is 9.79. The summed E-state index contributed by atoms with van der Waals surface area (Å²) in [6, 6.07) is 7.24. The van der Waals surface area contributed by atoms with Crippen LogP contribution in [0.1, 0.15) is 31.9 Å². The van der Waals surface area contributed by atoms with Crippen molar-refractivity contribution >= 4 is 0 Å². The molecule has 1 aromatic rings. The van der Waals surface area contributed by atoms with Gasteiger partial charge in [-0.25, -0.2) is 0 Å². The first-order valence-corrected chi connectivity index (χ1v) is 5.77. The van der Waals surface area contributed by atoms with Crippen LogP contribution in [0.3, 0.4) is 0 Å². The maximum Gasteiger partial charge on any atom is 0.123 e. The van der Waals surface area contributed by atoms with E-state index in [0.717, 1.165) is 18.7 Å². The molecule has 1 aromatic carbocycles. The molecule has 0 bridgehead atoms. The summed E-state index contributed by atoms with van der Waals surface area (Å²) in [6.07, 6.45) is 1.41. The number of fused-ring (bicyclic) bond motifs is 1. The van der Waals surface area contributed by atoms with E-state index in [-0.39, 0.29) is 0 Å². The lowest BCUT2D eigenvalue weighted by Gasteiger charge is -2.06. The SMILES string of the molecule is CC(C)[NH2+]Cc1ccc2c(c1)C[C@H](C)O2. The third-order valence-corrected chi connectivity index (χ3v) is 2.79. The Hall–Kier alpha value is -1.02. The first kappa shape index (κ1) is 10.5. The molecule has 1 atom stereocenters. The first-order valence-electron chi connectivity index (χ1n) is 5.77. The highest BCUT2D eigenvalue weighted by atomic mass is 16.5. The summed E-state index contributed by atoms with van der Waals surface area (Å²) in [5.74, 6) is 1.08. The van der Waals surface area contributed by atoms with Gasteiger partial charge in [-0.1, -0.05) is 0 Å². The Bertz CT molecular complexity index is 346. The second kappa shape index (κ2) is 4.23. The fourth-order valence-corrected chi connectivity index (χ4v) is 1.97. The van der Waals surface area contributed by atoms with Gasteiger partial charge in [0.15, 0.2) is 0 Å². The highest BCUT2D eigenvalue weighted by Gasteiger charge is 2.18. The highest BCUT2D eigenvalue weighted by Crippen LogP contribution is 2.29. The van der Waals surface area contributed by atoms with Gasteiger partial charge in [0.25, 0.3) is 0 Å². The van der Waals surface area contributed by atoms with Crippen molar-refractivity contribution < 1.29 is 10.1 Å². The smallest absolute Gasteiger partial charge is 0.123 e. The summed E-state index contributed by atoms with van der Waals surface area (Å²) in [7, 11) is 0. The summed E-state index contributed by atoms with van der Waals surface area (Å²) in [6.45, 7) is 7.64. The summed E-state index contributed by atoms with van der Waals surface area (Å²) in [4.78, 5) is 0. The van der Waals surface area contributed by atoms with Gasteiger partial charge in [0.05, 0.1) is 6.04 Å². The molecule has 2 heteroatoms. The third kappa shape index (κ3) is 2.51. The Morgan fingerprint density at radius 2 is 2.27 bits per heavy atom. The molecule has 0 saturated carbocycles. The van der Waals surface area contributed by atoms with Gasteiger partial charge in [-0.15, -0.1) is 0 Å². The zero-order valence-electron chi connectivity index (χ0n) is 9.79. The van der Waals surface area contributed by atoms with Crippen molar-refractivity contribution in [2.75, 3.05) is 0 Å². The molecule has 0 aliphatic carbocycles. The van der Waals surface area contributed by atoms with Crippen LogP contribution in [0.2, 0.25) is 0 Å². The number of hydrogen-bond donors (Lipinski definition) is 1. The van der Waals surface area contributed by atoms with E-state index in [1.165, 1.54) is 11.1 Å². The van der Waals surface area contributed by atoms with Gasteiger partial charge in [-0.05, 0) is 44.5 Å². The van der Waals surface area contributed by atoms with Gasteiger partial charge >= 0.3 is 0 Å². The van der Waals surface area contributed by atoms with E-state index >= 15 is 0 Å². The van der Waals surface area contributed by atoms with E-state index in [1.54, 1.807) is 0 Å². The van der Waals surface area contributed by atoms with Gasteiger partial charge in [-0.3, -0.25) is 0 Å². The minimum Gasteiger partial charge on any atom is -0.490 e. The molecule has 0 radical (unpaired) electrons. The molecule has 1 aliphatic rings. The van der Waals surface area contributed by atoms with Crippen molar-refractivity contribution in [1.29, 1.82) is 0 Å². The van der Waals surface area contributed by atoms with E-state index < -0.39 is 0 Å². The molecule has 15 heavy (non-hydrogen) atoms.